The van der Waals surface area contributed by atoms with E-state index < -0.39 is 0 Å². The molecule has 0 bridgehead atoms. The predicted molar refractivity (Wildman–Crippen MR) is 70.1 cm³/mol. The second-order valence-electron chi connectivity index (χ2n) is 3.79. The average molecular weight is 240 g/mol. The van der Waals surface area contributed by atoms with E-state index in [1.165, 1.54) is 0 Å². The molecule has 0 spiro atoms. The summed E-state index contributed by atoms with van der Waals surface area (Å²) in [4.78, 5) is 11.9. The Morgan fingerprint density at radius 2 is 2.33 bits per heavy atom. The minimum absolute atomic E-state index is 0.179. The van der Waals surface area contributed by atoms with Crippen molar-refractivity contribution in [2.45, 2.75) is 6.92 Å². The first kappa shape index (κ1) is 11.7. The summed E-state index contributed by atoms with van der Waals surface area (Å²) in [6.45, 7) is 1.75. The lowest BCUT2D eigenvalue weighted by molar-refractivity contribution is 0.102. The van der Waals surface area contributed by atoms with Crippen molar-refractivity contribution in [2.75, 3.05) is 11.1 Å². The topological polar surface area (TPSA) is 83.8 Å². The smallest absolute Gasteiger partial charge is 0.278 e. The van der Waals surface area contributed by atoms with E-state index in [9.17, 15) is 4.79 Å². The van der Waals surface area contributed by atoms with Crippen molar-refractivity contribution in [3.63, 3.8) is 0 Å². The number of aryl methyl sites for hydroxylation is 1. The van der Waals surface area contributed by atoms with Crippen LogP contribution in [-0.2, 0) is 0 Å². The lowest BCUT2D eigenvalue weighted by Crippen LogP contribution is -2.14. The number of nitrogens with one attached hydrogen (secondary N) is 2. The SMILES string of the molecule is C#Cc1cccc(NC(=O)c2n[nH]c(C)c2N)c1. The van der Waals surface area contributed by atoms with E-state index >= 15 is 0 Å². The predicted octanol–water partition coefficient (Wildman–Crippen LogP) is 1.53. The van der Waals surface area contributed by atoms with Crippen molar-refractivity contribution in [2.24, 2.45) is 0 Å². The van der Waals surface area contributed by atoms with Gasteiger partial charge in [0.05, 0.1) is 11.4 Å². The molecule has 5 nitrogen and oxygen atoms in total. The van der Waals surface area contributed by atoms with Crippen LogP contribution < -0.4 is 11.1 Å². The maximum Gasteiger partial charge on any atom is 0.278 e. The molecule has 5 heteroatoms. The van der Waals surface area contributed by atoms with E-state index in [1.807, 2.05) is 0 Å². The van der Waals surface area contributed by atoms with E-state index in [0.29, 0.717) is 22.6 Å². The van der Waals surface area contributed by atoms with Crippen LogP contribution in [0.4, 0.5) is 11.4 Å². The normalized spacial score (nSPS) is 9.78. The monoisotopic (exact) mass is 240 g/mol. The number of H-pyrrole nitrogens is 1. The summed E-state index contributed by atoms with van der Waals surface area (Å²) in [5, 5.41) is 9.20. The van der Waals surface area contributed by atoms with Crippen molar-refractivity contribution in [1.29, 1.82) is 0 Å². The Hall–Kier alpha value is -2.74. The summed E-state index contributed by atoms with van der Waals surface area (Å²) in [7, 11) is 0. The van der Waals surface area contributed by atoms with Gasteiger partial charge >= 0.3 is 0 Å². The molecular weight excluding hydrogens is 228 g/mol. The fourth-order valence-corrected chi connectivity index (χ4v) is 1.49. The van der Waals surface area contributed by atoms with Gasteiger partial charge in [-0.2, -0.15) is 5.10 Å². The summed E-state index contributed by atoms with van der Waals surface area (Å²) < 4.78 is 0. The molecule has 4 N–H and O–H groups in total. The van der Waals surface area contributed by atoms with E-state index in [-0.39, 0.29) is 11.6 Å². The zero-order valence-corrected chi connectivity index (χ0v) is 9.82. The first-order valence-electron chi connectivity index (χ1n) is 5.30. The number of amides is 1. The van der Waals surface area contributed by atoms with Crippen molar-refractivity contribution in [1.82, 2.24) is 10.2 Å². The number of nitrogens with zero attached hydrogens (tertiary/aromatic N) is 1. The maximum atomic E-state index is 11.9. The number of aromatic nitrogens is 2. The quantitative estimate of drug-likeness (QED) is 0.696. The van der Waals surface area contributed by atoms with Gasteiger partial charge in [0.15, 0.2) is 5.69 Å². The molecule has 1 aromatic carbocycles. The van der Waals surface area contributed by atoms with Crippen LogP contribution in [0.2, 0.25) is 0 Å². The minimum atomic E-state index is -0.369. The lowest BCUT2D eigenvalue weighted by atomic mass is 10.2. The minimum Gasteiger partial charge on any atom is -0.395 e. The summed E-state index contributed by atoms with van der Waals surface area (Å²) >= 11 is 0. The number of carbonyl (C=O) groups excluding carboxylic acids is 1. The van der Waals surface area contributed by atoms with E-state index in [4.69, 9.17) is 12.2 Å². The highest BCUT2D eigenvalue weighted by atomic mass is 16.2. The summed E-state index contributed by atoms with van der Waals surface area (Å²) in [6, 6.07) is 6.99. The van der Waals surface area contributed by atoms with Gasteiger partial charge < -0.3 is 11.1 Å². The third-order valence-electron chi connectivity index (χ3n) is 2.50. The molecule has 0 aliphatic carbocycles. The molecule has 2 aromatic rings. The van der Waals surface area contributed by atoms with Gasteiger partial charge in [-0.3, -0.25) is 9.89 Å². The first-order chi connectivity index (χ1) is 8.61. The molecule has 1 amide bonds. The highest BCUT2D eigenvalue weighted by molar-refractivity contribution is 6.06. The van der Waals surface area contributed by atoms with Crippen LogP contribution in [0.5, 0.6) is 0 Å². The van der Waals surface area contributed by atoms with Gasteiger partial charge in [-0.15, -0.1) is 6.42 Å². The lowest BCUT2D eigenvalue weighted by Gasteiger charge is -2.04. The Kier molecular flexibility index (Phi) is 3.02. The van der Waals surface area contributed by atoms with Gasteiger partial charge in [-0.1, -0.05) is 12.0 Å². The molecule has 0 radical (unpaired) electrons. The second kappa shape index (κ2) is 4.63. The number of aromatic amines is 1. The number of hydrogen-bond donors (Lipinski definition) is 3. The molecule has 2 rings (SSSR count). The summed E-state index contributed by atoms with van der Waals surface area (Å²) in [5.74, 6) is 2.13. The van der Waals surface area contributed by atoms with Crippen molar-refractivity contribution in [3.8, 4) is 12.3 Å². The Balaban J connectivity index is 2.22. The van der Waals surface area contributed by atoms with E-state index in [2.05, 4.69) is 21.4 Å². The molecule has 1 heterocycles. The zero-order chi connectivity index (χ0) is 13.1. The molecule has 0 fully saturated rings. The standard InChI is InChI=1S/C13H12N4O/c1-3-9-5-4-6-10(7-9)15-13(18)12-11(14)8(2)16-17-12/h1,4-7H,14H2,2H3,(H,15,18)(H,16,17). The third kappa shape index (κ3) is 2.18. The van der Waals surface area contributed by atoms with Gasteiger partial charge in [0.2, 0.25) is 0 Å². The fraction of sp³-hybridized carbons (Fsp3) is 0.0769. The van der Waals surface area contributed by atoms with Crippen LogP contribution in [0.3, 0.4) is 0 Å². The van der Waals surface area contributed by atoms with Crippen LogP contribution in [0, 0.1) is 19.3 Å². The Labute approximate surface area is 104 Å². The molecule has 0 saturated carbocycles. The number of nitrogens with two attached hydrogens (primary N) is 1. The van der Waals surface area contributed by atoms with Gasteiger partial charge in [0.1, 0.15) is 0 Å². The van der Waals surface area contributed by atoms with Crippen molar-refractivity contribution in [3.05, 3.63) is 41.2 Å². The Morgan fingerprint density at radius 1 is 1.56 bits per heavy atom. The van der Waals surface area contributed by atoms with E-state index in [0.717, 1.165) is 0 Å². The third-order valence-corrected chi connectivity index (χ3v) is 2.50. The molecule has 1 aromatic heterocycles. The molecule has 0 saturated heterocycles. The molecule has 18 heavy (non-hydrogen) atoms. The molecule has 0 aliphatic heterocycles. The average Bonchev–Trinajstić information content (AvgIpc) is 2.70. The highest BCUT2D eigenvalue weighted by Crippen LogP contribution is 2.15. The molecule has 0 aliphatic rings. The highest BCUT2D eigenvalue weighted by Gasteiger charge is 2.15. The van der Waals surface area contributed by atoms with Crippen LogP contribution in [0.1, 0.15) is 21.7 Å². The van der Waals surface area contributed by atoms with Gasteiger partial charge in [0.25, 0.3) is 5.91 Å². The Bertz CT molecular complexity index is 637. The van der Waals surface area contributed by atoms with Gasteiger partial charge in [-0.25, -0.2) is 0 Å². The number of hydrogen-bond acceptors (Lipinski definition) is 3. The van der Waals surface area contributed by atoms with Gasteiger partial charge in [-0.05, 0) is 25.1 Å². The number of anilines is 2. The first-order valence-corrected chi connectivity index (χ1v) is 5.30. The Morgan fingerprint density at radius 3 is 2.94 bits per heavy atom. The molecule has 90 valence electrons. The zero-order valence-electron chi connectivity index (χ0n) is 9.82. The van der Waals surface area contributed by atoms with Crippen molar-refractivity contribution >= 4 is 17.3 Å². The molecule has 0 atom stereocenters. The largest absolute Gasteiger partial charge is 0.395 e. The van der Waals surface area contributed by atoms with Crippen LogP contribution in [-0.4, -0.2) is 16.1 Å². The van der Waals surface area contributed by atoms with Crippen LogP contribution in [0.15, 0.2) is 24.3 Å². The maximum absolute atomic E-state index is 11.9. The number of rotatable bonds is 2. The van der Waals surface area contributed by atoms with E-state index in [1.54, 1.807) is 31.2 Å². The number of benzene rings is 1. The van der Waals surface area contributed by atoms with Gasteiger partial charge in [0, 0.05) is 11.3 Å². The fourth-order valence-electron chi connectivity index (χ4n) is 1.49. The van der Waals surface area contributed by atoms with Crippen molar-refractivity contribution < 1.29 is 4.79 Å². The molecule has 0 unspecified atom stereocenters. The molecular formula is C13H12N4O. The van der Waals surface area contributed by atoms with Crippen LogP contribution >= 0.6 is 0 Å². The number of nitrogen functional groups attached to an aromatic ring is 1. The second-order valence-corrected chi connectivity index (χ2v) is 3.79. The summed E-state index contributed by atoms with van der Waals surface area (Å²) in [5.41, 5.74) is 8.22. The number of carbonyl (C=O) groups is 1. The number of terminal acetylenes is 1. The summed E-state index contributed by atoms with van der Waals surface area (Å²) in [6.07, 6.45) is 5.29. The van der Waals surface area contributed by atoms with Crippen LogP contribution in [0.25, 0.3) is 0 Å².